The van der Waals surface area contributed by atoms with E-state index in [1.54, 1.807) is 24.3 Å². The lowest BCUT2D eigenvalue weighted by atomic mass is 10.1. The number of sulfonamides is 1. The maximum Gasteiger partial charge on any atom is 0.241 e. The number of hydrogen-bond donors (Lipinski definition) is 0. The van der Waals surface area contributed by atoms with Crippen LogP contribution in [0, 0.1) is 5.82 Å². The van der Waals surface area contributed by atoms with E-state index in [0.29, 0.717) is 55.4 Å². The Balaban J connectivity index is 1.52. The highest BCUT2D eigenvalue weighted by Gasteiger charge is 2.27. The van der Waals surface area contributed by atoms with Crippen LogP contribution in [-0.2, 0) is 36.7 Å². The van der Waals surface area contributed by atoms with E-state index >= 15 is 4.39 Å². The van der Waals surface area contributed by atoms with E-state index in [1.165, 1.54) is 25.6 Å². The molecule has 3 heterocycles. The predicted octanol–water partition coefficient (Wildman–Crippen LogP) is 6.09. The van der Waals surface area contributed by atoms with Crippen LogP contribution in [-0.4, -0.2) is 77.8 Å². The second-order valence-corrected chi connectivity index (χ2v) is 20.6. The number of aromatic nitrogens is 3. The molecule has 0 spiro atoms. The van der Waals surface area contributed by atoms with Gasteiger partial charge in [0.1, 0.15) is 37.1 Å². The maximum absolute atomic E-state index is 16.0. The van der Waals surface area contributed by atoms with E-state index in [2.05, 4.69) is 50.4 Å². The summed E-state index contributed by atoms with van der Waals surface area (Å²) in [6.07, 6.45) is 1.54. The molecular weight excluding hydrogens is 681 g/mol. The van der Waals surface area contributed by atoms with Gasteiger partial charge in [-0.3, -0.25) is 0 Å². The normalized spacial score (nSPS) is 14.3. The van der Waals surface area contributed by atoms with Gasteiger partial charge >= 0.3 is 0 Å². The van der Waals surface area contributed by atoms with Gasteiger partial charge in [-0.05, 0) is 41.9 Å². The highest BCUT2D eigenvalue weighted by Crippen LogP contribution is 2.35. The summed E-state index contributed by atoms with van der Waals surface area (Å²) in [7, 11) is -3.92. The summed E-state index contributed by atoms with van der Waals surface area (Å²) in [5.74, 6) is -0.228. The van der Waals surface area contributed by atoms with Gasteiger partial charge in [0.05, 0.1) is 35.7 Å². The van der Waals surface area contributed by atoms with Crippen LogP contribution in [0.2, 0.25) is 25.7 Å². The summed E-state index contributed by atoms with van der Waals surface area (Å²) in [6.45, 7) is 9.99. The lowest BCUT2D eigenvalue weighted by Gasteiger charge is -2.28. The molecule has 1 saturated heterocycles. The number of benzene rings is 2. The van der Waals surface area contributed by atoms with E-state index in [9.17, 15) is 8.42 Å². The summed E-state index contributed by atoms with van der Waals surface area (Å²) >= 11 is 3.38. The standard InChI is InChI=1S/C31H39BrFN5O5SSi/c1-41-22-38(44(39,40)19-23-6-5-7-25(32)16-23)28-9-8-24(17-27(28)33)29-18-26-30(36-10-12-42-13-11-36)34-20-35-31(26)37(29)21-43-14-15-45(2,3)4/h5-9,16-18,20H,10-15,19,21-22H2,1-4H3. The first-order valence-electron chi connectivity index (χ1n) is 14.8. The van der Waals surface area contributed by atoms with Crippen LogP contribution in [0.25, 0.3) is 22.3 Å². The molecule has 242 valence electrons. The fourth-order valence-corrected chi connectivity index (χ4v) is 7.86. The SMILES string of the molecule is COCN(c1ccc(-c2cc3c(N4CCOCC4)ncnc3n2COCC[Si](C)(C)C)cc1F)S(=O)(=O)Cc1cccc(Br)c1. The van der Waals surface area contributed by atoms with Crippen LogP contribution in [0.3, 0.4) is 0 Å². The molecular formula is C31H39BrFN5O5SSi. The molecule has 10 nitrogen and oxygen atoms in total. The predicted molar refractivity (Wildman–Crippen MR) is 181 cm³/mol. The van der Waals surface area contributed by atoms with Crippen LogP contribution in [0.5, 0.6) is 0 Å². The number of morpholine rings is 1. The van der Waals surface area contributed by atoms with E-state index in [-0.39, 0.29) is 24.9 Å². The molecule has 1 aliphatic rings. The molecule has 0 N–H and O–H groups in total. The number of nitrogens with zero attached hydrogens (tertiary/aromatic N) is 5. The highest BCUT2D eigenvalue weighted by molar-refractivity contribution is 9.10. The minimum Gasteiger partial charge on any atom is -0.378 e. The number of ether oxygens (including phenoxy) is 3. The van der Waals surface area contributed by atoms with Crippen molar-refractivity contribution in [3.05, 3.63) is 70.7 Å². The molecule has 14 heteroatoms. The minimum atomic E-state index is -3.99. The van der Waals surface area contributed by atoms with Crippen LogP contribution < -0.4 is 9.21 Å². The Morgan fingerprint density at radius 3 is 2.56 bits per heavy atom. The Kier molecular flexibility index (Phi) is 10.6. The molecule has 5 rings (SSSR count). The Morgan fingerprint density at radius 1 is 1.09 bits per heavy atom. The van der Waals surface area contributed by atoms with Gasteiger partial charge in [0, 0.05) is 44.9 Å². The fraction of sp³-hybridized carbons (Fsp3) is 0.419. The van der Waals surface area contributed by atoms with E-state index in [0.717, 1.165) is 26.0 Å². The van der Waals surface area contributed by atoms with Crippen LogP contribution in [0.4, 0.5) is 15.9 Å². The highest BCUT2D eigenvalue weighted by atomic mass is 79.9. The topological polar surface area (TPSA) is 99.0 Å². The maximum atomic E-state index is 16.0. The quantitative estimate of drug-likeness (QED) is 0.0931. The van der Waals surface area contributed by atoms with Crippen LogP contribution in [0.1, 0.15) is 5.56 Å². The molecule has 0 bridgehead atoms. The fourth-order valence-electron chi connectivity index (χ4n) is 5.18. The van der Waals surface area contributed by atoms with Gasteiger partial charge in [0.2, 0.25) is 10.0 Å². The summed E-state index contributed by atoms with van der Waals surface area (Å²) in [4.78, 5) is 11.4. The van der Waals surface area contributed by atoms with Crippen molar-refractivity contribution in [2.45, 2.75) is 38.2 Å². The second-order valence-electron chi connectivity index (χ2n) is 12.2. The van der Waals surface area contributed by atoms with Crippen molar-refractivity contribution in [2.24, 2.45) is 0 Å². The van der Waals surface area contributed by atoms with E-state index < -0.39 is 23.9 Å². The first-order chi connectivity index (χ1) is 21.5. The zero-order chi connectivity index (χ0) is 32.2. The Bertz CT molecular complexity index is 1740. The zero-order valence-corrected chi connectivity index (χ0v) is 29.4. The number of hydrogen-bond acceptors (Lipinski definition) is 8. The molecule has 0 radical (unpaired) electrons. The molecule has 2 aromatic heterocycles. The number of methoxy groups -OCH3 is 1. The van der Waals surface area contributed by atoms with Gasteiger partial charge in [0.25, 0.3) is 0 Å². The molecule has 0 saturated carbocycles. The Morgan fingerprint density at radius 2 is 1.87 bits per heavy atom. The average Bonchev–Trinajstić information content (AvgIpc) is 3.36. The average molecular weight is 721 g/mol. The van der Waals surface area contributed by atoms with Crippen molar-refractivity contribution >= 4 is 56.6 Å². The molecule has 0 amide bonds. The molecule has 1 aliphatic heterocycles. The van der Waals surface area contributed by atoms with Crippen molar-refractivity contribution < 1.29 is 27.0 Å². The smallest absolute Gasteiger partial charge is 0.241 e. The van der Waals surface area contributed by atoms with Crippen molar-refractivity contribution in [1.29, 1.82) is 0 Å². The van der Waals surface area contributed by atoms with Gasteiger partial charge in [-0.25, -0.2) is 27.1 Å². The van der Waals surface area contributed by atoms with Crippen LogP contribution >= 0.6 is 15.9 Å². The number of fused-ring (bicyclic) bond motifs is 1. The molecule has 4 aromatic rings. The van der Waals surface area contributed by atoms with E-state index in [1.807, 2.05) is 16.7 Å². The second kappa shape index (κ2) is 14.3. The first kappa shape index (κ1) is 33.5. The minimum absolute atomic E-state index is 0.0987. The van der Waals surface area contributed by atoms with Crippen molar-refractivity contribution in [3.8, 4) is 11.3 Å². The van der Waals surface area contributed by atoms with Crippen molar-refractivity contribution in [2.75, 3.05) is 56.0 Å². The third-order valence-corrected chi connectivity index (χ3v) is 11.4. The van der Waals surface area contributed by atoms with Crippen LogP contribution in [0.15, 0.2) is 59.3 Å². The van der Waals surface area contributed by atoms with E-state index in [4.69, 9.17) is 14.2 Å². The number of anilines is 2. The number of halogens is 2. The third-order valence-electron chi connectivity index (χ3n) is 7.53. The monoisotopic (exact) mass is 719 g/mol. The zero-order valence-electron chi connectivity index (χ0n) is 26.0. The lowest BCUT2D eigenvalue weighted by Crippen LogP contribution is -2.36. The van der Waals surface area contributed by atoms with Gasteiger partial charge < -0.3 is 23.7 Å². The largest absolute Gasteiger partial charge is 0.378 e. The molecule has 1 fully saturated rings. The molecule has 0 atom stereocenters. The molecule has 2 aromatic carbocycles. The van der Waals surface area contributed by atoms with Crippen molar-refractivity contribution in [1.82, 2.24) is 14.5 Å². The Labute approximate surface area is 273 Å². The summed E-state index contributed by atoms with van der Waals surface area (Å²) in [5, 5.41) is 0.824. The van der Waals surface area contributed by atoms with Crippen molar-refractivity contribution in [3.63, 3.8) is 0 Å². The molecule has 45 heavy (non-hydrogen) atoms. The van der Waals surface area contributed by atoms with Gasteiger partial charge in [-0.15, -0.1) is 0 Å². The van der Waals surface area contributed by atoms with Gasteiger partial charge in [-0.1, -0.05) is 53.8 Å². The van der Waals surface area contributed by atoms with Gasteiger partial charge in [-0.2, -0.15) is 0 Å². The Hall–Kier alpha value is -2.88. The summed E-state index contributed by atoms with van der Waals surface area (Å²) < 4.78 is 63.5. The summed E-state index contributed by atoms with van der Waals surface area (Å²) in [6, 6.07) is 14.5. The van der Waals surface area contributed by atoms with Gasteiger partial charge in [0.15, 0.2) is 0 Å². The first-order valence-corrected chi connectivity index (χ1v) is 20.9. The molecule has 0 aliphatic carbocycles. The third kappa shape index (κ3) is 8.10. The lowest BCUT2D eigenvalue weighted by molar-refractivity contribution is 0.0909. The summed E-state index contributed by atoms with van der Waals surface area (Å²) in [5.41, 5.74) is 2.39. The number of rotatable bonds is 13. The molecule has 0 unspecified atom stereocenters.